The summed E-state index contributed by atoms with van der Waals surface area (Å²) in [7, 11) is 2.20. The molecule has 1 aromatic heterocycles. The van der Waals surface area contributed by atoms with Crippen molar-refractivity contribution in [2.24, 2.45) is 10.1 Å². The molecular formula is C30H46N6O. The van der Waals surface area contributed by atoms with Crippen LogP contribution in [-0.2, 0) is 6.54 Å². The Morgan fingerprint density at radius 2 is 1.81 bits per heavy atom. The summed E-state index contributed by atoms with van der Waals surface area (Å²) in [5.74, 6) is 0.897. The molecule has 1 aliphatic carbocycles. The minimum absolute atomic E-state index is 0.265. The summed E-state index contributed by atoms with van der Waals surface area (Å²) in [4.78, 5) is 9.13. The van der Waals surface area contributed by atoms with Crippen LogP contribution in [0.1, 0.15) is 75.7 Å². The summed E-state index contributed by atoms with van der Waals surface area (Å²) >= 11 is 0. The smallest absolute Gasteiger partial charge is 0.240 e. The third-order valence-corrected chi connectivity index (χ3v) is 8.32. The van der Waals surface area contributed by atoms with Gasteiger partial charge in [-0.1, -0.05) is 31.2 Å². The molecular weight excluding hydrogens is 460 g/mol. The highest BCUT2D eigenvalue weighted by atomic mass is 16.3. The SMILES string of the molecule is C=N/C(=N\n1c(C)c(-c2ccc(CN3CCN(C)CC3)cc2)cc1[C@H]1CC[C@](C)(O)CC1)N[C@@H](C)CC. The van der Waals surface area contributed by atoms with Crippen molar-refractivity contribution in [3.05, 3.63) is 47.3 Å². The van der Waals surface area contributed by atoms with Gasteiger partial charge in [0.05, 0.1) is 5.60 Å². The molecule has 0 spiro atoms. The first-order valence-corrected chi connectivity index (χ1v) is 14.0. The number of aliphatic imine (C=N–C) groups is 1. The van der Waals surface area contributed by atoms with E-state index >= 15 is 0 Å². The summed E-state index contributed by atoms with van der Waals surface area (Å²) in [5, 5.41) is 18.9. The number of nitrogens with one attached hydrogen (secondary N) is 1. The number of piperazine rings is 1. The van der Waals surface area contributed by atoms with Gasteiger partial charge in [-0.15, -0.1) is 5.10 Å². The molecule has 2 aliphatic rings. The fourth-order valence-corrected chi connectivity index (χ4v) is 5.45. The van der Waals surface area contributed by atoms with Crippen molar-refractivity contribution in [1.29, 1.82) is 0 Å². The van der Waals surface area contributed by atoms with Crippen molar-refractivity contribution >= 4 is 12.7 Å². The van der Waals surface area contributed by atoms with Crippen molar-refractivity contribution in [1.82, 2.24) is 19.8 Å². The number of benzene rings is 1. The molecule has 0 radical (unpaired) electrons. The third kappa shape index (κ3) is 6.89. The standard InChI is InChI=1S/C30H46N6O/c1-7-22(2)32-29(31-5)33-36-23(3)27(20-28(36)26-12-14-30(4,37)15-13-26)25-10-8-24(9-11-25)21-35-18-16-34(6)17-19-35/h8-11,20,22,26,37H,5,7,12-19,21H2,1-4,6H3,(H,32,33)/t22-,26-,30-/m0/s1. The van der Waals surface area contributed by atoms with E-state index in [1.54, 1.807) is 0 Å². The van der Waals surface area contributed by atoms with Crippen LogP contribution in [0.2, 0.25) is 0 Å². The summed E-state index contributed by atoms with van der Waals surface area (Å²) in [6.07, 6.45) is 4.49. The lowest BCUT2D eigenvalue weighted by Crippen LogP contribution is -2.43. The maximum Gasteiger partial charge on any atom is 0.240 e. The average Bonchev–Trinajstić information content (AvgIpc) is 3.21. The number of aliphatic hydroxyl groups is 1. The van der Waals surface area contributed by atoms with Crippen LogP contribution in [0, 0.1) is 6.92 Å². The number of nitrogens with zero attached hydrogens (tertiary/aromatic N) is 5. The van der Waals surface area contributed by atoms with Gasteiger partial charge in [0, 0.05) is 61.6 Å². The summed E-state index contributed by atoms with van der Waals surface area (Å²) in [5.41, 5.74) is 5.49. The van der Waals surface area contributed by atoms with Crippen LogP contribution in [-0.4, -0.2) is 77.1 Å². The van der Waals surface area contributed by atoms with Gasteiger partial charge in [0.1, 0.15) is 0 Å². The largest absolute Gasteiger partial charge is 0.390 e. The van der Waals surface area contributed by atoms with Crippen LogP contribution in [0.25, 0.3) is 11.1 Å². The normalized spacial score (nSPS) is 24.7. The van der Waals surface area contributed by atoms with Gasteiger partial charge in [-0.3, -0.25) is 4.90 Å². The summed E-state index contributed by atoms with van der Waals surface area (Å²) in [6.45, 7) is 17.7. The van der Waals surface area contributed by atoms with E-state index in [-0.39, 0.29) is 6.04 Å². The molecule has 37 heavy (non-hydrogen) atoms. The van der Waals surface area contributed by atoms with Gasteiger partial charge in [0.25, 0.3) is 0 Å². The number of likely N-dealkylation sites (N-methyl/N-ethyl adjacent to an activating group) is 1. The molecule has 1 atom stereocenters. The Hall–Kier alpha value is -2.48. The molecule has 0 bridgehead atoms. The van der Waals surface area contributed by atoms with Crippen molar-refractivity contribution < 1.29 is 5.11 Å². The minimum atomic E-state index is -0.569. The van der Waals surface area contributed by atoms with E-state index in [9.17, 15) is 5.11 Å². The highest BCUT2D eigenvalue weighted by Crippen LogP contribution is 2.40. The summed E-state index contributed by atoms with van der Waals surface area (Å²) in [6, 6.07) is 11.6. The summed E-state index contributed by atoms with van der Waals surface area (Å²) < 4.78 is 2.07. The number of aromatic nitrogens is 1. The molecule has 0 unspecified atom stereocenters. The van der Waals surface area contributed by atoms with Crippen LogP contribution in [0.5, 0.6) is 0 Å². The third-order valence-electron chi connectivity index (χ3n) is 8.32. The van der Waals surface area contributed by atoms with Gasteiger partial charge in [-0.05, 0) is 83.8 Å². The Kier molecular flexibility index (Phi) is 8.88. The maximum absolute atomic E-state index is 10.5. The molecule has 1 saturated heterocycles. The van der Waals surface area contributed by atoms with Crippen LogP contribution in [0.15, 0.2) is 40.4 Å². The van der Waals surface area contributed by atoms with Crippen LogP contribution in [0.4, 0.5) is 0 Å². The number of guanidine groups is 1. The Morgan fingerprint density at radius 3 is 2.41 bits per heavy atom. The topological polar surface area (TPSA) is 68.4 Å². The van der Waals surface area contributed by atoms with E-state index in [4.69, 9.17) is 5.10 Å². The first-order valence-electron chi connectivity index (χ1n) is 14.0. The average molecular weight is 507 g/mol. The Morgan fingerprint density at radius 1 is 1.16 bits per heavy atom. The number of hydrogen-bond acceptors (Lipinski definition) is 4. The molecule has 7 nitrogen and oxygen atoms in total. The Balaban J connectivity index is 1.62. The van der Waals surface area contributed by atoms with Crippen molar-refractivity contribution in [3.8, 4) is 11.1 Å². The molecule has 7 heteroatoms. The van der Waals surface area contributed by atoms with E-state index in [2.05, 4.69) is 89.7 Å². The zero-order valence-electron chi connectivity index (χ0n) is 23.5. The number of rotatable bonds is 7. The van der Waals surface area contributed by atoms with E-state index < -0.39 is 5.60 Å². The quantitative estimate of drug-likeness (QED) is 0.417. The Labute approximate surface area is 223 Å². The fraction of sp³-hybridized carbons (Fsp3) is 0.600. The molecule has 2 heterocycles. The molecule has 4 rings (SSSR count). The van der Waals surface area contributed by atoms with E-state index in [1.807, 2.05) is 6.92 Å². The van der Waals surface area contributed by atoms with Gasteiger partial charge in [-0.25, -0.2) is 9.67 Å². The molecule has 1 aromatic carbocycles. The fourth-order valence-electron chi connectivity index (χ4n) is 5.45. The van der Waals surface area contributed by atoms with Crippen LogP contribution < -0.4 is 5.32 Å². The lowest BCUT2D eigenvalue weighted by atomic mass is 9.78. The second-order valence-corrected chi connectivity index (χ2v) is 11.5. The monoisotopic (exact) mass is 506 g/mol. The Bertz CT molecular complexity index is 1070. The van der Waals surface area contributed by atoms with Crippen molar-refractivity contribution in [2.75, 3.05) is 33.2 Å². The zero-order valence-corrected chi connectivity index (χ0v) is 23.5. The van der Waals surface area contributed by atoms with Crippen LogP contribution in [0.3, 0.4) is 0 Å². The predicted molar refractivity (Wildman–Crippen MR) is 154 cm³/mol. The highest BCUT2D eigenvalue weighted by Gasteiger charge is 2.32. The van der Waals surface area contributed by atoms with Crippen molar-refractivity contribution in [2.45, 2.75) is 83.9 Å². The second kappa shape index (κ2) is 11.9. The van der Waals surface area contributed by atoms with Crippen LogP contribution >= 0.6 is 0 Å². The molecule has 1 aliphatic heterocycles. The minimum Gasteiger partial charge on any atom is -0.390 e. The van der Waals surface area contributed by atoms with Gasteiger partial charge < -0.3 is 15.3 Å². The van der Waals surface area contributed by atoms with E-state index in [0.29, 0.717) is 11.9 Å². The molecule has 1 saturated carbocycles. The number of hydrogen-bond donors (Lipinski definition) is 2. The maximum atomic E-state index is 10.5. The van der Waals surface area contributed by atoms with E-state index in [1.165, 1.54) is 22.4 Å². The molecule has 202 valence electrons. The van der Waals surface area contributed by atoms with Gasteiger partial charge in [0.15, 0.2) is 0 Å². The second-order valence-electron chi connectivity index (χ2n) is 11.5. The predicted octanol–water partition coefficient (Wildman–Crippen LogP) is 4.83. The lowest BCUT2D eigenvalue weighted by molar-refractivity contribution is 0.0166. The molecule has 2 aromatic rings. The molecule has 0 amide bonds. The highest BCUT2D eigenvalue weighted by molar-refractivity contribution is 5.84. The zero-order chi connectivity index (χ0) is 26.6. The van der Waals surface area contributed by atoms with Gasteiger partial charge >= 0.3 is 0 Å². The van der Waals surface area contributed by atoms with Gasteiger partial charge in [-0.2, -0.15) is 0 Å². The van der Waals surface area contributed by atoms with Crippen molar-refractivity contribution in [3.63, 3.8) is 0 Å². The molecule has 2 fully saturated rings. The van der Waals surface area contributed by atoms with E-state index in [0.717, 1.165) is 70.5 Å². The lowest BCUT2D eigenvalue weighted by Gasteiger charge is -2.33. The van der Waals surface area contributed by atoms with Gasteiger partial charge in [0.2, 0.25) is 5.96 Å². The first-order chi connectivity index (χ1) is 17.7. The molecule has 2 N–H and O–H groups in total. The first kappa shape index (κ1) is 27.6.